The number of primary amides is 1. The molecule has 4 N–H and O–H groups in total. The maximum Gasteiger partial charge on any atom is 0.271 e. The van der Waals surface area contributed by atoms with Gasteiger partial charge in [-0.25, -0.2) is 4.98 Å². The van der Waals surface area contributed by atoms with E-state index in [4.69, 9.17) is 17.3 Å². The Kier molecular flexibility index (Phi) is 3.08. The number of hydrogen-bond acceptors (Lipinski definition) is 4. The average Bonchev–Trinajstić information content (AvgIpc) is 2.11. The summed E-state index contributed by atoms with van der Waals surface area (Å²) in [7, 11) is 0. The number of nitrogens with one attached hydrogen (secondary N) is 2. The molecule has 1 unspecified atom stereocenters. The molecule has 14 heavy (non-hydrogen) atoms. The summed E-state index contributed by atoms with van der Waals surface area (Å²) in [6, 6.07) is -0.612. The van der Waals surface area contributed by atoms with Crippen molar-refractivity contribution >= 4 is 23.5 Å². The normalized spacial score (nSPS) is 12.1. The molecule has 0 saturated heterocycles. The van der Waals surface area contributed by atoms with E-state index in [9.17, 15) is 9.59 Å². The molecule has 0 saturated carbocycles. The molecule has 0 aliphatic heterocycles. The molecular formula is C7H9ClN4O2. The van der Waals surface area contributed by atoms with Crippen molar-refractivity contribution in [3.8, 4) is 0 Å². The predicted octanol–water partition coefficient (Wildman–Crippen LogP) is -0.291. The molecule has 7 heteroatoms. The van der Waals surface area contributed by atoms with Gasteiger partial charge in [0.1, 0.15) is 11.1 Å². The Morgan fingerprint density at radius 2 is 2.43 bits per heavy atom. The van der Waals surface area contributed by atoms with E-state index in [2.05, 4.69) is 15.3 Å². The number of hydrogen-bond donors (Lipinski definition) is 3. The summed E-state index contributed by atoms with van der Waals surface area (Å²) >= 11 is 5.45. The molecule has 1 aromatic heterocycles. The van der Waals surface area contributed by atoms with Crippen molar-refractivity contribution in [2.75, 3.05) is 5.32 Å². The van der Waals surface area contributed by atoms with E-state index in [-0.39, 0.29) is 11.0 Å². The van der Waals surface area contributed by atoms with Gasteiger partial charge in [0.05, 0.1) is 6.20 Å². The van der Waals surface area contributed by atoms with Crippen molar-refractivity contribution in [3.05, 3.63) is 21.6 Å². The molecule has 0 fully saturated rings. The molecule has 1 atom stereocenters. The van der Waals surface area contributed by atoms with Gasteiger partial charge in [-0.2, -0.15) is 0 Å². The molecule has 0 bridgehead atoms. The van der Waals surface area contributed by atoms with Crippen LogP contribution in [0.1, 0.15) is 6.92 Å². The number of amides is 1. The molecule has 0 aliphatic carbocycles. The Morgan fingerprint density at radius 1 is 1.79 bits per heavy atom. The van der Waals surface area contributed by atoms with Gasteiger partial charge >= 0.3 is 0 Å². The van der Waals surface area contributed by atoms with Gasteiger partial charge in [-0.15, -0.1) is 0 Å². The molecule has 0 aromatic carbocycles. The van der Waals surface area contributed by atoms with Crippen molar-refractivity contribution in [3.63, 3.8) is 0 Å². The van der Waals surface area contributed by atoms with Crippen LogP contribution in [0.5, 0.6) is 0 Å². The highest BCUT2D eigenvalue weighted by Gasteiger charge is 2.09. The smallest absolute Gasteiger partial charge is 0.271 e. The maximum atomic E-state index is 11.0. The summed E-state index contributed by atoms with van der Waals surface area (Å²) in [4.78, 5) is 27.8. The van der Waals surface area contributed by atoms with Crippen molar-refractivity contribution in [1.82, 2.24) is 9.97 Å². The zero-order valence-corrected chi connectivity index (χ0v) is 8.13. The van der Waals surface area contributed by atoms with E-state index >= 15 is 0 Å². The lowest BCUT2D eigenvalue weighted by Gasteiger charge is -2.09. The molecule has 0 aliphatic rings. The molecule has 6 nitrogen and oxygen atoms in total. The van der Waals surface area contributed by atoms with E-state index < -0.39 is 17.5 Å². The number of aromatic amines is 1. The minimum atomic E-state index is -0.612. The largest absolute Gasteiger partial charge is 0.368 e. The summed E-state index contributed by atoms with van der Waals surface area (Å²) in [5.41, 5.74) is 4.53. The monoisotopic (exact) mass is 216 g/mol. The highest BCUT2D eigenvalue weighted by atomic mass is 35.5. The first kappa shape index (κ1) is 10.5. The Balaban J connectivity index is 2.83. The van der Waals surface area contributed by atoms with Crippen molar-refractivity contribution in [2.45, 2.75) is 13.0 Å². The van der Waals surface area contributed by atoms with E-state index in [0.717, 1.165) is 0 Å². The van der Waals surface area contributed by atoms with Gasteiger partial charge in [-0.3, -0.25) is 14.6 Å². The number of halogens is 1. The van der Waals surface area contributed by atoms with Crippen LogP contribution in [0.2, 0.25) is 5.02 Å². The maximum absolute atomic E-state index is 11.0. The molecular weight excluding hydrogens is 208 g/mol. The fourth-order valence-corrected chi connectivity index (χ4v) is 0.825. The number of rotatable bonds is 3. The van der Waals surface area contributed by atoms with E-state index in [1.807, 2.05) is 0 Å². The van der Waals surface area contributed by atoms with E-state index in [1.165, 1.54) is 6.20 Å². The summed E-state index contributed by atoms with van der Waals surface area (Å²) in [5.74, 6) is -0.381. The lowest BCUT2D eigenvalue weighted by molar-refractivity contribution is -0.118. The molecule has 1 heterocycles. The number of anilines is 1. The van der Waals surface area contributed by atoms with Crippen molar-refractivity contribution < 1.29 is 4.79 Å². The number of nitrogens with two attached hydrogens (primary N) is 1. The van der Waals surface area contributed by atoms with Crippen LogP contribution < -0.4 is 16.6 Å². The first-order valence-corrected chi connectivity index (χ1v) is 4.19. The molecule has 1 aromatic rings. The third-order valence-electron chi connectivity index (χ3n) is 1.54. The van der Waals surface area contributed by atoms with Gasteiger partial charge in [-0.1, -0.05) is 11.6 Å². The van der Waals surface area contributed by atoms with Gasteiger partial charge in [0.15, 0.2) is 0 Å². The lowest BCUT2D eigenvalue weighted by Crippen LogP contribution is -2.33. The van der Waals surface area contributed by atoms with E-state index in [0.29, 0.717) is 0 Å². The highest BCUT2D eigenvalue weighted by Crippen LogP contribution is 2.01. The molecule has 1 rings (SSSR count). The van der Waals surface area contributed by atoms with Crippen LogP contribution in [-0.2, 0) is 4.79 Å². The summed E-state index contributed by atoms with van der Waals surface area (Å²) in [6.07, 6.45) is 1.19. The van der Waals surface area contributed by atoms with Gasteiger partial charge in [-0.05, 0) is 6.92 Å². The zero-order chi connectivity index (χ0) is 10.7. The Labute approximate surface area is 84.5 Å². The fraction of sp³-hybridized carbons (Fsp3) is 0.286. The summed E-state index contributed by atoms with van der Waals surface area (Å²) in [5, 5.41) is 2.60. The zero-order valence-electron chi connectivity index (χ0n) is 7.37. The van der Waals surface area contributed by atoms with Crippen molar-refractivity contribution in [1.29, 1.82) is 0 Å². The first-order chi connectivity index (χ1) is 6.50. The van der Waals surface area contributed by atoms with Gasteiger partial charge in [0, 0.05) is 0 Å². The number of carbonyl (C=O) groups excluding carboxylic acids is 1. The quantitative estimate of drug-likeness (QED) is 0.646. The molecule has 76 valence electrons. The van der Waals surface area contributed by atoms with Crippen LogP contribution in [0.4, 0.5) is 5.95 Å². The van der Waals surface area contributed by atoms with E-state index in [1.54, 1.807) is 6.92 Å². The summed E-state index contributed by atoms with van der Waals surface area (Å²) < 4.78 is 0. The van der Waals surface area contributed by atoms with Crippen LogP contribution >= 0.6 is 11.6 Å². The third kappa shape index (κ3) is 2.46. The minimum Gasteiger partial charge on any atom is -0.368 e. The highest BCUT2D eigenvalue weighted by molar-refractivity contribution is 6.30. The third-order valence-corrected chi connectivity index (χ3v) is 1.81. The molecule has 0 spiro atoms. The Bertz CT molecular complexity index is 403. The predicted molar refractivity (Wildman–Crippen MR) is 52.1 cm³/mol. The second kappa shape index (κ2) is 4.10. The lowest BCUT2D eigenvalue weighted by atomic mass is 10.3. The van der Waals surface area contributed by atoms with Gasteiger partial charge in [0.2, 0.25) is 11.9 Å². The molecule has 0 radical (unpaired) electrons. The van der Waals surface area contributed by atoms with Crippen LogP contribution in [0.25, 0.3) is 0 Å². The second-order valence-corrected chi connectivity index (χ2v) is 3.08. The van der Waals surface area contributed by atoms with Crippen LogP contribution in [0, 0.1) is 0 Å². The summed E-state index contributed by atoms with van der Waals surface area (Å²) in [6.45, 7) is 1.55. The van der Waals surface area contributed by atoms with Crippen LogP contribution in [0.15, 0.2) is 11.0 Å². The topological polar surface area (TPSA) is 101 Å². The first-order valence-electron chi connectivity index (χ1n) is 3.81. The van der Waals surface area contributed by atoms with Crippen LogP contribution in [-0.4, -0.2) is 21.9 Å². The minimum absolute atomic E-state index is 0.0118. The Hall–Kier alpha value is -1.56. The second-order valence-electron chi connectivity index (χ2n) is 2.68. The van der Waals surface area contributed by atoms with Crippen LogP contribution in [0.3, 0.4) is 0 Å². The molecule has 1 amide bonds. The Morgan fingerprint density at radius 3 is 2.93 bits per heavy atom. The van der Waals surface area contributed by atoms with Crippen molar-refractivity contribution in [2.24, 2.45) is 5.73 Å². The number of nitrogens with zero attached hydrogens (tertiary/aromatic N) is 1. The SMILES string of the molecule is CC(Nc1ncc(Cl)c(=O)[nH]1)C(N)=O. The number of carbonyl (C=O) groups is 1. The fourth-order valence-electron chi connectivity index (χ4n) is 0.729. The van der Waals surface area contributed by atoms with Gasteiger partial charge in [0.25, 0.3) is 5.56 Å². The standard InChI is InChI=1S/C7H9ClN4O2/c1-3(5(9)13)11-7-10-2-4(8)6(14)12-7/h2-3H,1H3,(H2,9,13)(H2,10,11,12,14). The van der Waals surface area contributed by atoms with Gasteiger partial charge < -0.3 is 11.1 Å². The average molecular weight is 217 g/mol. The number of H-pyrrole nitrogens is 1. The number of aromatic nitrogens is 2.